The van der Waals surface area contributed by atoms with Crippen LogP contribution in [0.1, 0.15) is 0 Å². The van der Waals surface area contributed by atoms with Gasteiger partial charge in [0.1, 0.15) is 35.9 Å². The van der Waals surface area contributed by atoms with E-state index in [0.717, 1.165) is 43.5 Å². The summed E-state index contributed by atoms with van der Waals surface area (Å²) in [6, 6.07) is 19.9. The quantitative estimate of drug-likeness (QED) is 0.444. The molecule has 0 unspecified atom stereocenters. The van der Waals surface area contributed by atoms with E-state index >= 15 is 0 Å². The molecule has 2 N–H and O–H groups in total. The lowest BCUT2D eigenvalue weighted by atomic mass is 9.99. The zero-order chi connectivity index (χ0) is 19.8. The van der Waals surface area contributed by atoms with Gasteiger partial charge in [-0.3, -0.25) is 0 Å². The highest BCUT2D eigenvalue weighted by Gasteiger charge is 2.18. The molecule has 1 heterocycles. The van der Waals surface area contributed by atoms with Crippen LogP contribution in [0.3, 0.4) is 0 Å². The Bertz CT molecular complexity index is 1230. The van der Waals surface area contributed by atoms with Crippen LogP contribution < -0.4 is 9.47 Å². The zero-order valence-corrected chi connectivity index (χ0v) is 15.7. The molecule has 0 spiro atoms. The molecule has 4 aromatic carbocycles. The van der Waals surface area contributed by atoms with E-state index in [1.807, 2.05) is 48.5 Å². The van der Waals surface area contributed by atoms with Crippen molar-refractivity contribution in [2.45, 2.75) is 0 Å². The van der Waals surface area contributed by atoms with Gasteiger partial charge in [-0.25, -0.2) is 0 Å². The van der Waals surface area contributed by atoms with Gasteiger partial charge in [0.25, 0.3) is 0 Å². The smallest absolute Gasteiger partial charge is 0.139 e. The highest BCUT2D eigenvalue weighted by molar-refractivity contribution is 6.28. The number of benzene rings is 4. The summed E-state index contributed by atoms with van der Waals surface area (Å²) < 4.78 is 17.8. The summed E-state index contributed by atoms with van der Waals surface area (Å²) in [5.74, 6) is 1.37. The van der Waals surface area contributed by atoms with Crippen molar-refractivity contribution in [1.29, 1.82) is 0 Å². The summed E-state index contributed by atoms with van der Waals surface area (Å²) in [7, 11) is 0. The summed E-state index contributed by atoms with van der Waals surface area (Å²) >= 11 is 0. The van der Waals surface area contributed by atoms with Gasteiger partial charge in [-0.1, -0.05) is 48.5 Å². The second-order valence-corrected chi connectivity index (χ2v) is 6.83. The van der Waals surface area contributed by atoms with Crippen LogP contribution in [0.2, 0.25) is 0 Å². The molecule has 5 aromatic rings. The van der Waals surface area contributed by atoms with Gasteiger partial charge in [-0.2, -0.15) is 0 Å². The molecule has 1 aromatic heterocycles. The second-order valence-electron chi connectivity index (χ2n) is 6.83. The third kappa shape index (κ3) is 2.87. The molecule has 0 saturated heterocycles. The molecule has 29 heavy (non-hydrogen) atoms. The van der Waals surface area contributed by atoms with Crippen LogP contribution in [0.15, 0.2) is 65.1 Å². The lowest BCUT2D eigenvalue weighted by Gasteiger charge is -2.10. The van der Waals surface area contributed by atoms with E-state index in [4.69, 9.17) is 24.1 Å². The van der Waals surface area contributed by atoms with E-state index in [1.54, 1.807) is 0 Å². The maximum atomic E-state index is 9.17. The summed E-state index contributed by atoms with van der Waals surface area (Å²) in [4.78, 5) is 0. The average molecular weight is 388 g/mol. The first-order valence-electron chi connectivity index (χ1n) is 9.59. The molecule has 0 radical (unpaired) electrons. The zero-order valence-electron chi connectivity index (χ0n) is 15.7. The summed E-state index contributed by atoms with van der Waals surface area (Å²) in [6.07, 6.45) is 0. The van der Waals surface area contributed by atoms with Gasteiger partial charge in [-0.15, -0.1) is 0 Å². The van der Waals surface area contributed by atoms with Crippen molar-refractivity contribution in [1.82, 2.24) is 0 Å². The number of fused-ring (bicyclic) bond motifs is 7. The van der Waals surface area contributed by atoms with Crippen LogP contribution in [0.25, 0.3) is 43.5 Å². The van der Waals surface area contributed by atoms with E-state index in [-0.39, 0.29) is 26.4 Å². The maximum absolute atomic E-state index is 9.17. The number of ether oxygens (including phenoxy) is 2. The molecule has 5 heteroatoms. The number of rotatable bonds is 6. The molecule has 0 amide bonds. The standard InChI is InChI=1S/C24H20O5/c25-9-11-27-19-13-21-23(17-7-3-1-5-15(17)19)24-18-8-4-2-6-16(18)20(28-12-10-26)14-22(24)29-21/h1-8,13-14,25-26H,9-12H2. The van der Waals surface area contributed by atoms with Crippen molar-refractivity contribution in [3.8, 4) is 11.5 Å². The molecule has 0 atom stereocenters. The normalized spacial score (nSPS) is 11.7. The maximum Gasteiger partial charge on any atom is 0.139 e. The van der Waals surface area contributed by atoms with Crippen molar-refractivity contribution in [2.75, 3.05) is 26.4 Å². The van der Waals surface area contributed by atoms with Gasteiger partial charge >= 0.3 is 0 Å². The Morgan fingerprint density at radius 3 is 1.45 bits per heavy atom. The molecule has 0 fully saturated rings. The van der Waals surface area contributed by atoms with Crippen molar-refractivity contribution < 1.29 is 24.1 Å². The van der Waals surface area contributed by atoms with Crippen LogP contribution in [0.4, 0.5) is 0 Å². The van der Waals surface area contributed by atoms with Crippen molar-refractivity contribution in [3.63, 3.8) is 0 Å². The Labute approximate surface area is 166 Å². The molecule has 0 saturated carbocycles. The van der Waals surface area contributed by atoms with E-state index in [2.05, 4.69) is 12.1 Å². The molecule has 5 nitrogen and oxygen atoms in total. The first-order valence-corrected chi connectivity index (χ1v) is 9.59. The van der Waals surface area contributed by atoms with Gasteiger partial charge < -0.3 is 24.1 Å². The monoisotopic (exact) mass is 388 g/mol. The SMILES string of the molecule is OCCOc1cc2oc3cc(OCCO)c4ccccc4c3c2c2ccccc12. The van der Waals surface area contributed by atoms with Crippen LogP contribution >= 0.6 is 0 Å². The topological polar surface area (TPSA) is 72.1 Å². The Balaban J connectivity index is 1.90. The minimum Gasteiger partial charge on any atom is -0.490 e. The lowest BCUT2D eigenvalue weighted by Crippen LogP contribution is -2.02. The van der Waals surface area contributed by atoms with Crippen LogP contribution in [-0.4, -0.2) is 36.6 Å². The van der Waals surface area contributed by atoms with Gasteiger partial charge in [0.2, 0.25) is 0 Å². The Kier molecular flexibility index (Phi) is 4.46. The first-order chi connectivity index (χ1) is 14.3. The molecular weight excluding hydrogens is 368 g/mol. The van der Waals surface area contributed by atoms with Gasteiger partial charge in [0, 0.05) is 33.7 Å². The molecule has 146 valence electrons. The van der Waals surface area contributed by atoms with E-state index in [9.17, 15) is 0 Å². The predicted molar refractivity (Wildman–Crippen MR) is 114 cm³/mol. The third-order valence-electron chi connectivity index (χ3n) is 5.11. The minimum atomic E-state index is -0.0529. The Morgan fingerprint density at radius 1 is 0.621 bits per heavy atom. The molecule has 0 aliphatic rings. The fourth-order valence-electron chi connectivity index (χ4n) is 3.98. The predicted octanol–water partition coefficient (Wildman–Crippen LogP) is 4.63. The fraction of sp³-hybridized carbons (Fsp3) is 0.167. The molecule has 0 aliphatic heterocycles. The number of furan rings is 1. The largest absolute Gasteiger partial charge is 0.490 e. The van der Waals surface area contributed by atoms with Crippen LogP contribution in [0.5, 0.6) is 11.5 Å². The van der Waals surface area contributed by atoms with E-state index in [1.165, 1.54) is 0 Å². The van der Waals surface area contributed by atoms with Gasteiger partial charge in [0.05, 0.1) is 13.2 Å². The van der Waals surface area contributed by atoms with Crippen molar-refractivity contribution in [3.05, 3.63) is 60.7 Å². The van der Waals surface area contributed by atoms with E-state index in [0.29, 0.717) is 11.5 Å². The second kappa shape index (κ2) is 7.28. The Hall–Kier alpha value is -3.28. The number of hydrogen-bond acceptors (Lipinski definition) is 5. The lowest BCUT2D eigenvalue weighted by molar-refractivity contribution is 0.203. The van der Waals surface area contributed by atoms with Crippen molar-refractivity contribution >= 4 is 43.5 Å². The number of aliphatic hydroxyl groups is 2. The highest BCUT2D eigenvalue weighted by Crippen LogP contribution is 2.44. The molecule has 5 rings (SSSR count). The third-order valence-corrected chi connectivity index (χ3v) is 5.11. The molecule has 0 aliphatic carbocycles. The van der Waals surface area contributed by atoms with E-state index < -0.39 is 0 Å². The molecule has 0 bridgehead atoms. The number of hydrogen-bond donors (Lipinski definition) is 2. The minimum absolute atomic E-state index is 0.0529. The van der Waals surface area contributed by atoms with Gasteiger partial charge in [0.15, 0.2) is 0 Å². The summed E-state index contributed by atoms with van der Waals surface area (Å²) in [6.45, 7) is 0.334. The fourth-order valence-corrected chi connectivity index (χ4v) is 3.98. The summed E-state index contributed by atoms with van der Waals surface area (Å²) in [5, 5.41) is 24.4. The highest BCUT2D eigenvalue weighted by atomic mass is 16.5. The first kappa shape index (κ1) is 17.8. The molecular formula is C24H20O5. The van der Waals surface area contributed by atoms with Gasteiger partial charge in [-0.05, 0) is 10.8 Å². The number of aliphatic hydroxyl groups excluding tert-OH is 2. The van der Waals surface area contributed by atoms with Crippen LogP contribution in [0, 0.1) is 0 Å². The van der Waals surface area contributed by atoms with Crippen molar-refractivity contribution in [2.24, 2.45) is 0 Å². The van der Waals surface area contributed by atoms with Crippen LogP contribution in [-0.2, 0) is 0 Å². The average Bonchev–Trinajstić information content (AvgIpc) is 3.14. The Morgan fingerprint density at radius 2 is 1.03 bits per heavy atom. The summed E-state index contributed by atoms with van der Waals surface area (Å²) in [5.41, 5.74) is 1.44.